The number of anilines is 1. The van der Waals surface area contributed by atoms with Crippen molar-refractivity contribution in [3.63, 3.8) is 0 Å². The van der Waals surface area contributed by atoms with Crippen LogP contribution < -0.4 is 58.0 Å². The average molecular weight is 1280 g/mol. The van der Waals surface area contributed by atoms with E-state index >= 15 is 0 Å². The van der Waals surface area contributed by atoms with Crippen molar-refractivity contribution < 1.29 is 68.7 Å². The summed E-state index contributed by atoms with van der Waals surface area (Å²) in [5.74, 6) is -0.771. The predicted molar refractivity (Wildman–Crippen MR) is 345 cm³/mol. The molecule has 2 heterocycles. The van der Waals surface area contributed by atoms with Crippen molar-refractivity contribution in [3.8, 4) is 11.5 Å². The van der Waals surface area contributed by atoms with Crippen LogP contribution in [-0.2, 0) is 11.2 Å². The van der Waals surface area contributed by atoms with Crippen LogP contribution in [-0.4, -0.2) is 81.9 Å². The lowest BCUT2D eigenvalue weighted by Gasteiger charge is -2.23. The van der Waals surface area contributed by atoms with Crippen molar-refractivity contribution in [1.29, 1.82) is 0 Å². The Morgan fingerprint density at radius 3 is 1.57 bits per heavy atom. The van der Waals surface area contributed by atoms with Gasteiger partial charge in [-0.05, 0) is 178 Å². The van der Waals surface area contributed by atoms with Crippen molar-refractivity contribution in [2.75, 3.05) is 19.0 Å². The fraction of sp³-hybridized carbons (Fsp3) is 0.294. The largest absolute Gasteiger partial charge is 0.497 e. The molecule has 92 heavy (non-hydrogen) atoms. The molecule has 9 rings (SSSR count). The van der Waals surface area contributed by atoms with Crippen molar-refractivity contribution in [3.05, 3.63) is 217 Å². The number of amides is 9. The number of carbonyl (C=O) groups excluding carboxylic acids is 8. The number of aryl methyl sites for hydroxylation is 1. The molecule has 6 aromatic carbocycles. The Bertz CT molecular complexity index is 3600. The summed E-state index contributed by atoms with van der Waals surface area (Å²) in [5.41, 5.74) is 13.6. The minimum absolute atomic E-state index is 0.0965. The molecule has 2 aliphatic rings. The first-order valence-electron chi connectivity index (χ1n) is 29.9. The number of ether oxygens (including phenoxy) is 2. The minimum atomic E-state index is -0.578. The van der Waals surface area contributed by atoms with Crippen LogP contribution in [0.2, 0.25) is 0 Å². The van der Waals surface area contributed by atoms with E-state index < -0.39 is 23.6 Å². The van der Waals surface area contributed by atoms with Gasteiger partial charge >= 0.3 is 6.03 Å². The third kappa shape index (κ3) is 21.3. The van der Waals surface area contributed by atoms with Crippen LogP contribution in [0.3, 0.4) is 0 Å². The number of hydroxylamine groups is 4. The van der Waals surface area contributed by atoms with Gasteiger partial charge in [-0.1, -0.05) is 81.1 Å². The molecule has 0 saturated heterocycles. The lowest BCUT2D eigenvalue weighted by Crippen LogP contribution is -2.33. The van der Waals surface area contributed by atoms with Gasteiger partial charge in [0.2, 0.25) is 5.91 Å². The number of urea groups is 1. The second-order valence-electron chi connectivity index (χ2n) is 21.7. The number of methoxy groups -OCH3 is 1. The lowest BCUT2D eigenvalue weighted by molar-refractivity contribution is -0.126. The monoisotopic (exact) mass is 1280 g/mol. The number of hydrogen-bond donors (Lipinski definition) is 13. The normalized spacial score (nSPS) is 13.3. The van der Waals surface area contributed by atoms with Gasteiger partial charge in [0.1, 0.15) is 11.5 Å². The SMILES string of the molecule is CC(NC(=O)C1CCCCC1)c1cccc(C(=O)NO)c1.CC(NC(=O)Nc1ccc2c(c1)CCO2)c1ccc(C(=O)NO)cc1.CCC[C@@H](NC(=O)c1ccc(OC)cc1)c1ccc(C(=O)NO)cc1.Cc1ccc(C(=O)NC(C)c2ccc(C(=O)NO)cc2)s1. The molecule has 1 fully saturated rings. The van der Waals surface area contributed by atoms with Crippen LogP contribution in [0.4, 0.5) is 10.5 Å². The van der Waals surface area contributed by atoms with Crippen molar-refractivity contribution >= 4 is 64.4 Å². The number of benzene rings is 6. The second-order valence-corrected chi connectivity index (χ2v) is 23.0. The number of nitrogens with one attached hydrogen (secondary N) is 9. The Balaban J connectivity index is 0.000000195. The average Bonchev–Trinajstić information content (AvgIpc) is 1.98. The second kappa shape index (κ2) is 36.0. The highest BCUT2D eigenvalue weighted by Gasteiger charge is 2.24. The van der Waals surface area contributed by atoms with E-state index in [0.29, 0.717) is 50.7 Å². The summed E-state index contributed by atoms with van der Waals surface area (Å²) in [4.78, 5) is 96.0. The number of hydrogen-bond acceptors (Lipinski definition) is 15. The highest BCUT2D eigenvalue weighted by Crippen LogP contribution is 2.29. The van der Waals surface area contributed by atoms with Gasteiger partial charge in [-0.3, -0.25) is 54.4 Å². The molecular formula is C68H79N9O14S. The molecule has 1 aromatic heterocycles. The summed E-state index contributed by atoms with van der Waals surface area (Å²) >= 11 is 1.45. The molecular weight excluding hydrogens is 1200 g/mol. The highest BCUT2D eigenvalue weighted by molar-refractivity contribution is 7.13. The molecule has 4 atom stereocenters. The van der Waals surface area contributed by atoms with E-state index in [-0.39, 0.29) is 53.8 Å². The molecule has 24 heteroatoms. The summed E-state index contributed by atoms with van der Waals surface area (Å²) in [7, 11) is 1.58. The Morgan fingerprint density at radius 1 is 0.533 bits per heavy atom. The van der Waals surface area contributed by atoms with Crippen LogP contribution in [0.1, 0.15) is 191 Å². The van der Waals surface area contributed by atoms with Crippen LogP contribution in [0.25, 0.3) is 0 Å². The quantitative estimate of drug-likeness (QED) is 0.0265. The number of fused-ring (bicyclic) bond motifs is 1. The molecule has 486 valence electrons. The maximum Gasteiger partial charge on any atom is 0.319 e. The van der Waals surface area contributed by atoms with Crippen LogP contribution in [0.5, 0.6) is 11.5 Å². The van der Waals surface area contributed by atoms with E-state index in [9.17, 15) is 38.4 Å². The third-order valence-corrected chi connectivity index (χ3v) is 16.2. The van der Waals surface area contributed by atoms with Crippen molar-refractivity contribution in [2.45, 2.75) is 110 Å². The van der Waals surface area contributed by atoms with Crippen LogP contribution in [0.15, 0.2) is 152 Å². The Hall–Kier alpha value is -9.98. The van der Waals surface area contributed by atoms with Gasteiger partial charge in [0, 0.05) is 50.7 Å². The fourth-order valence-electron chi connectivity index (χ4n) is 9.91. The standard InChI is InChI=1S/C19H22N2O4.C18H19N3O4.C16H22N2O3.C15H16N2O3S/c1-3-4-17(13-5-7-15(8-6-13)19(23)21-24)20-18(22)14-9-11-16(25-2)12-10-14;1-11(12-2-4-13(5-3-12)17(22)21-24)19-18(23)20-15-6-7-16-14(10-15)8-9-25-16;1-11(17-15(19)12-6-3-2-4-7-12)13-8-5-9-14(10-13)16(20)18-21;1-9-3-8-13(21-9)15(19)16-10(2)11-4-6-12(7-5-11)14(18)17-20/h5-12,17,24H,3-4H2,1-2H3,(H,20,22)(H,21,23);2-7,10-11,24H,8-9H2,1H3,(H,21,22)(H2,19,20,23);5,8-12,21H,2-4,6-7H2,1H3,(H,17,19)(H,18,20);3-8,10,20H,1-2H3,(H,16,19)(H,17,18)/t17-;;;/m1.../s1. The first kappa shape index (κ1) is 71.1. The van der Waals surface area contributed by atoms with Gasteiger partial charge in [0.25, 0.3) is 35.4 Å². The topological polar surface area (TPSA) is 344 Å². The molecule has 1 aliphatic heterocycles. The maximum absolute atomic E-state index is 12.5. The van der Waals surface area contributed by atoms with Gasteiger partial charge < -0.3 is 36.1 Å². The molecule has 13 N–H and O–H groups in total. The van der Waals surface area contributed by atoms with Gasteiger partial charge in [-0.15, -0.1) is 11.3 Å². The molecule has 0 radical (unpaired) electrons. The summed E-state index contributed by atoms with van der Waals surface area (Å²) in [6, 6.07) is 42.1. The zero-order chi connectivity index (χ0) is 66.7. The van der Waals surface area contributed by atoms with Crippen molar-refractivity contribution in [1.82, 2.24) is 43.2 Å². The lowest BCUT2D eigenvalue weighted by atomic mass is 9.88. The first-order chi connectivity index (χ1) is 44.3. The fourth-order valence-corrected chi connectivity index (χ4v) is 10.7. The van der Waals surface area contributed by atoms with E-state index in [1.54, 1.807) is 156 Å². The Kier molecular flexibility index (Phi) is 27.8. The van der Waals surface area contributed by atoms with Crippen LogP contribution >= 0.6 is 11.3 Å². The summed E-state index contributed by atoms with van der Waals surface area (Å²) in [5, 5.41) is 49.1. The molecule has 23 nitrogen and oxygen atoms in total. The van der Waals surface area contributed by atoms with Gasteiger partial charge in [-0.2, -0.15) is 0 Å². The summed E-state index contributed by atoms with van der Waals surface area (Å²) in [6.07, 6.45) is 7.91. The van der Waals surface area contributed by atoms with E-state index in [1.165, 1.54) is 17.8 Å². The van der Waals surface area contributed by atoms with Crippen LogP contribution in [0, 0.1) is 12.8 Å². The predicted octanol–water partition coefficient (Wildman–Crippen LogP) is 10.9. The first-order valence-corrected chi connectivity index (χ1v) is 30.7. The highest BCUT2D eigenvalue weighted by atomic mass is 32.1. The minimum Gasteiger partial charge on any atom is -0.497 e. The maximum atomic E-state index is 12.5. The smallest absolute Gasteiger partial charge is 0.319 e. The van der Waals surface area contributed by atoms with Gasteiger partial charge in [-0.25, -0.2) is 26.7 Å². The van der Waals surface area contributed by atoms with E-state index in [4.69, 9.17) is 30.3 Å². The molecule has 0 bridgehead atoms. The molecule has 1 saturated carbocycles. The summed E-state index contributed by atoms with van der Waals surface area (Å²) in [6.45, 7) is 10.3. The Labute approximate surface area is 537 Å². The molecule has 0 spiro atoms. The number of thiophene rings is 1. The Morgan fingerprint density at radius 2 is 1.04 bits per heavy atom. The zero-order valence-electron chi connectivity index (χ0n) is 52.0. The third-order valence-electron chi connectivity index (χ3n) is 15.2. The molecule has 7 aromatic rings. The van der Waals surface area contributed by atoms with Gasteiger partial charge in [0.15, 0.2) is 0 Å². The zero-order valence-corrected chi connectivity index (χ0v) is 52.8. The van der Waals surface area contributed by atoms with E-state index in [0.717, 1.165) is 83.4 Å². The summed E-state index contributed by atoms with van der Waals surface area (Å²) < 4.78 is 10.5. The molecule has 3 unspecified atom stereocenters. The number of rotatable bonds is 19. The molecule has 1 aliphatic carbocycles. The van der Waals surface area contributed by atoms with E-state index in [2.05, 4.69) is 26.6 Å². The van der Waals surface area contributed by atoms with E-state index in [1.807, 2.05) is 58.9 Å². The molecule has 9 amide bonds. The van der Waals surface area contributed by atoms with Gasteiger partial charge in [0.05, 0.1) is 42.8 Å². The number of carbonyl (C=O) groups is 8. The van der Waals surface area contributed by atoms with Crippen molar-refractivity contribution in [2.24, 2.45) is 5.92 Å².